The molecule has 0 aromatic carbocycles. The molecule has 1 saturated carbocycles. The zero-order valence-electron chi connectivity index (χ0n) is 22.3. The minimum Gasteiger partial charge on any atom is -0.324 e. The van der Waals surface area contributed by atoms with E-state index >= 15 is 0 Å². The van der Waals surface area contributed by atoms with E-state index < -0.39 is 0 Å². The normalized spacial score (nSPS) is 14.1. The number of rotatable bonds is 6. The minimum atomic E-state index is 0.0351. The zero-order chi connectivity index (χ0) is 27.9. The highest BCUT2D eigenvalue weighted by Gasteiger charge is 2.22. The Hall–Kier alpha value is -4.77. The molecule has 1 fully saturated rings. The molecular weight excluding hydrogens is 536 g/mol. The maximum Gasteiger partial charge on any atom is 0.227 e. The lowest BCUT2D eigenvalue weighted by Gasteiger charge is -2.20. The fourth-order valence-electron chi connectivity index (χ4n) is 5.41. The first-order valence-electron chi connectivity index (χ1n) is 13.6. The first-order chi connectivity index (χ1) is 20.0. The van der Waals surface area contributed by atoms with E-state index in [0.29, 0.717) is 38.9 Å². The number of carbonyl (C=O) groups excluding carboxylic acids is 2. The van der Waals surface area contributed by atoms with Gasteiger partial charge in [0.15, 0.2) is 22.9 Å². The van der Waals surface area contributed by atoms with Crippen LogP contribution in [0.1, 0.15) is 48.7 Å². The molecule has 1 aliphatic carbocycles. The lowest BCUT2D eigenvalue weighted by molar-refractivity contribution is -0.120. The zero-order valence-corrected chi connectivity index (χ0v) is 23.1. The van der Waals surface area contributed by atoms with Crippen LogP contribution in [0.25, 0.3) is 55.3 Å². The Morgan fingerprint density at radius 1 is 0.976 bits per heavy atom. The summed E-state index contributed by atoms with van der Waals surface area (Å²) in [6, 6.07) is 9.58. The van der Waals surface area contributed by atoms with Crippen LogP contribution in [-0.2, 0) is 4.79 Å². The van der Waals surface area contributed by atoms with Crippen molar-refractivity contribution in [3.8, 4) is 33.1 Å². The number of fused-ring (bicyclic) bond motifs is 2. The van der Waals surface area contributed by atoms with Gasteiger partial charge < -0.3 is 10.3 Å². The lowest BCUT2D eigenvalue weighted by Crippen LogP contribution is -2.24. The third-order valence-electron chi connectivity index (χ3n) is 7.56. The van der Waals surface area contributed by atoms with Gasteiger partial charge in [0, 0.05) is 46.1 Å². The number of nitrogens with one attached hydrogen (secondary N) is 3. The van der Waals surface area contributed by atoms with Crippen molar-refractivity contribution in [2.75, 3.05) is 5.32 Å². The highest BCUT2D eigenvalue weighted by atomic mass is 32.1. The number of ketones is 1. The lowest BCUT2D eigenvalue weighted by atomic mass is 9.88. The molecule has 10 nitrogen and oxygen atoms in total. The van der Waals surface area contributed by atoms with Crippen LogP contribution in [0.4, 0.5) is 5.69 Å². The molecule has 1 aliphatic rings. The number of imidazole rings is 1. The Morgan fingerprint density at radius 2 is 1.83 bits per heavy atom. The molecule has 204 valence electrons. The summed E-state index contributed by atoms with van der Waals surface area (Å²) >= 11 is 1.44. The maximum absolute atomic E-state index is 12.8. The molecule has 6 aromatic heterocycles. The Bertz CT molecular complexity index is 1930. The van der Waals surface area contributed by atoms with E-state index in [4.69, 9.17) is 4.98 Å². The minimum absolute atomic E-state index is 0.0351. The van der Waals surface area contributed by atoms with Crippen LogP contribution in [-0.4, -0.2) is 46.8 Å². The van der Waals surface area contributed by atoms with E-state index in [2.05, 4.69) is 35.5 Å². The molecule has 0 saturated heterocycles. The van der Waals surface area contributed by atoms with Crippen molar-refractivity contribution in [3.63, 3.8) is 0 Å². The highest BCUT2D eigenvalue weighted by Crippen LogP contribution is 2.35. The van der Waals surface area contributed by atoms with E-state index in [1.165, 1.54) is 17.8 Å². The SMILES string of the molecule is CC(=O)c1ccc(-c2ccnc3[nH]c(-c4n[nH]c5ncc(-c6cncc(NC(=O)C7CCCCC7)c6)cc45)nc23)s1. The van der Waals surface area contributed by atoms with E-state index in [1.54, 1.807) is 31.7 Å². The first-order valence-corrected chi connectivity index (χ1v) is 14.4. The summed E-state index contributed by atoms with van der Waals surface area (Å²) in [7, 11) is 0. The summed E-state index contributed by atoms with van der Waals surface area (Å²) < 4.78 is 0. The van der Waals surface area contributed by atoms with Gasteiger partial charge in [-0.2, -0.15) is 5.10 Å². The number of carbonyl (C=O) groups is 2. The van der Waals surface area contributed by atoms with Crippen LogP contribution >= 0.6 is 11.3 Å². The molecule has 0 bridgehead atoms. The van der Waals surface area contributed by atoms with Crippen molar-refractivity contribution >= 4 is 50.9 Å². The second-order valence-electron chi connectivity index (χ2n) is 10.3. The molecule has 3 N–H and O–H groups in total. The molecule has 0 radical (unpaired) electrons. The predicted molar refractivity (Wildman–Crippen MR) is 159 cm³/mol. The topological polar surface area (TPSA) is 142 Å². The van der Waals surface area contributed by atoms with Crippen LogP contribution in [0.3, 0.4) is 0 Å². The Balaban J connectivity index is 1.22. The molecule has 0 unspecified atom stereocenters. The van der Waals surface area contributed by atoms with Gasteiger partial charge in [-0.15, -0.1) is 11.3 Å². The third-order valence-corrected chi connectivity index (χ3v) is 8.78. The molecule has 1 amide bonds. The Labute approximate surface area is 238 Å². The number of Topliss-reactive ketones (excluding diaryl/α,β-unsaturated/α-hetero) is 1. The summed E-state index contributed by atoms with van der Waals surface area (Å²) in [5.74, 6) is 0.717. The van der Waals surface area contributed by atoms with Gasteiger partial charge in [0.1, 0.15) is 11.2 Å². The molecule has 41 heavy (non-hydrogen) atoms. The molecule has 6 heterocycles. The molecular formula is C30H26N8O2S. The van der Waals surface area contributed by atoms with E-state index in [0.717, 1.165) is 52.6 Å². The van der Waals surface area contributed by atoms with Crippen molar-refractivity contribution < 1.29 is 9.59 Å². The van der Waals surface area contributed by atoms with Crippen LogP contribution in [0, 0.1) is 5.92 Å². The monoisotopic (exact) mass is 562 g/mol. The number of hydrogen-bond donors (Lipinski definition) is 3. The van der Waals surface area contributed by atoms with Crippen LogP contribution < -0.4 is 5.32 Å². The van der Waals surface area contributed by atoms with Crippen LogP contribution in [0.2, 0.25) is 0 Å². The van der Waals surface area contributed by atoms with Gasteiger partial charge in [-0.05, 0) is 50.1 Å². The summed E-state index contributed by atoms with van der Waals surface area (Å²) in [5.41, 5.74) is 5.80. The van der Waals surface area contributed by atoms with Gasteiger partial charge in [0.25, 0.3) is 0 Å². The number of thiophene rings is 1. The van der Waals surface area contributed by atoms with Gasteiger partial charge in [-0.25, -0.2) is 15.0 Å². The van der Waals surface area contributed by atoms with E-state index in [9.17, 15) is 9.59 Å². The number of aromatic nitrogens is 7. The Morgan fingerprint density at radius 3 is 2.66 bits per heavy atom. The molecule has 0 spiro atoms. The summed E-state index contributed by atoms with van der Waals surface area (Å²) in [4.78, 5) is 47.9. The number of pyridine rings is 3. The first kappa shape index (κ1) is 25.2. The molecule has 11 heteroatoms. The van der Waals surface area contributed by atoms with Gasteiger partial charge in [-0.3, -0.25) is 19.7 Å². The number of H-pyrrole nitrogens is 2. The van der Waals surface area contributed by atoms with E-state index in [1.807, 2.05) is 30.3 Å². The summed E-state index contributed by atoms with van der Waals surface area (Å²) in [6.45, 7) is 1.56. The molecule has 7 rings (SSSR count). The van der Waals surface area contributed by atoms with Gasteiger partial charge in [0.2, 0.25) is 5.91 Å². The average Bonchev–Trinajstić information content (AvgIpc) is 3.75. The van der Waals surface area contributed by atoms with Crippen molar-refractivity contribution in [2.24, 2.45) is 5.92 Å². The standard InChI is InChI=1S/C30H26N8O2S/c1-16(39)23-7-8-24(41-23)21-9-10-32-28-25(21)35-29(36-28)26-22-12-19(14-33-27(22)38-37-26)18-11-20(15-31-13-18)34-30(40)17-5-3-2-4-6-17/h7-15,17H,2-6H2,1H3,(H,34,40)(H,32,35,36)(H,33,37,38). The Kier molecular flexibility index (Phi) is 6.35. The fourth-order valence-corrected chi connectivity index (χ4v) is 6.34. The fraction of sp³-hybridized carbons (Fsp3) is 0.233. The van der Waals surface area contributed by atoms with Gasteiger partial charge in [-0.1, -0.05) is 19.3 Å². The number of anilines is 1. The summed E-state index contributed by atoms with van der Waals surface area (Å²) in [5, 5.41) is 11.3. The van der Waals surface area contributed by atoms with Crippen molar-refractivity contribution in [1.82, 2.24) is 35.1 Å². The predicted octanol–water partition coefficient (Wildman–Crippen LogP) is 6.41. The maximum atomic E-state index is 12.8. The second kappa shape index (κ2) is 10.3. The number of aromatic amines is 2. The van der Waals surface area contributed by atoms with Gasteiger partial charge in [0.05, 0.1) is 22.1 Å². The van der Waals surface area contributed by atoms with Crippen molar-refractivity contribution in [1.29, 1.82) is 0 Å². The quantitative estimate of drug-likeness (QED) is 0.199. The van der Waals surface area contributed by atoms with Crippen LogP contribution in [0.15, 0.2) is 55.1 Å². The second-order valence-corrected chi connectivity index (χ2v) is 11.4. The molecule has 6 aromatic rings. The van der Waals surface area contributed by atoms with E-state index in [-0.39, 0.29) is 17.6 Å². The summed E-state index contributed by atoms with van der Waals surface area (Å²) in [6.07, 6.45) is 12.2. The van der Waals surface area contributed by atoms with Crippen molar-refractivity contribution in [3.05, 3.63) is 60.0 Å². The highest BCUT2D eigenvalue weighted by molar-refractivity contribution is 7.17. The smallest absolute Gasteiger partial charge is 0.227 e. The average molecular weight is 563 g/mol. The largest absolute Gasteiger partial charge is 0.324 e. The molecule has 0 atom stereocenters. The third kappa shape index (κ3) is 4.78. The van der Waals surface area contributed by atoms with Crippen LogP contribution in [0.5, 0.6) is 0 Å². The number of amides is 1. The van der Waals surface area contributed by atoms with Crippen molar-refractivity contribution in [2.45, 2.75) is 39.0 Å². The molecule has 0 aliphatic heterocycles. The van der Waals surface area contributed by atoms with Gasteiger partial charge >= 0.3 is 0 Å². The number of nitrogens with zero attached hydrogens (tertiary/aromatic N) is 5. The number of hydrogen-bond acceptors (Lipinski definition) is 8.